The van der Waals surface area contributed by atoms with Gasteiger partial charge in [0.1, 0.15) is 22.0 Å². The number of aliphatic hydroxyl groups is 1. The van der Waals surface area contributed by atoms with Gasteiger partial charge in [-0.3, -0.25) is 14.5 Å². The molecule has 1 fully saturated rings. The number of nitrogens with zero attached hydrogens (tertiary/aromatic N) is 4. The van der Waals surface area contributed by atoms with Gasteiger partial charge in [-0.15, -0.1) is 0 Å². The van der Waals surface area contributed by atoms with Crippen LogP contribution in [0.4, 0.5) is 5.13 Å². The van der Waals surface area contributed by atoms with Crippen molar-refractivity contribution in [2.75, 3.05) is 19.1 Å². The molecule has 1 aliphatic rings. The number of hydrogen-bond acceptors (Lipinski definition) is 9. The summed E-state index contributed by atoms with van der Waals surface area (Å²) in [5, 5.41) is 11.7. The van der Waals surface area contributed by atoms with E-state index < -0.39 is 29.5 Å². The number of imidazole rings is 1. The highest BCUT2D eigenvalue weighted by Crippen LogP contribution is 2.44. The van der Waals surface area contributed by atoms with Gasteiger partial charge in [0.2, 0.25) is 0 Å². The zero-order valence-electron chi connectivity index (χ0n) is 21.3. The number of benzene rings is 1. The Morgan fingerprint density at radius 2 is 1.84 bits per heavy atom. The molecule has 1 saturated heterocycles. The SMILES string of the molecule is COC(=O)c1sc(N2C(=O)C(=O)/C(=C(/O)c3nc4c(C)cccn4c3C)C2c2cccc(OC)c2)nc1C. The van der Waals surface area contributed by atoms with Crippen LogP contribution >= 0.6 is 11.3 Å². The Morgan fingerprint density at radius 1 is 1.08 bits per heavy atom. The number of esters is 1. The highest BCUT2D eigenvalue weighted by atomic mass is 32.1. The zero-order chi connectivity index (χ0) is 27.3. The van der Waals surface area contributed by atoms with E-state index in [1.807, 2.05) is 29.7 Å². The number of amides is 1. The van der Waals surface area contributed by atoms with Crippen molar-refractivity contribution in [1.29, 1.82) is 0 Å². The first-order valence-electron chi connectivity index (χ1n) is 11.6. The second kappa shape index (κ2) is 9.42. The number of fused-ring (bicyclic) bond motifs is 1. The number of aliphatic hydroxyl groups excluding tert-OH is 1. The Labute approximate surface area is 221 Å². The molecule has 4 aromatic rings. The van der Waals surface area contributed by atoms with Crippen molar-refractivity contribution < 1.29 is 29.0 Å². The highest BCUT2D eigenvalue weighted by Gasteiger charge is 2.49. The van der Waals surface area contributed by atoms with Gasteiger partial charge in [0.15, 0.2) is 10.9 Å². The first-order chi connectivity index (χ1) is 18.2. The number of ether oxygens (including phenoxy) is 2. The van der Waals surface area contributed by atoms with Crippen molar-refractivity contribution in [3.8, 4) is 5.75 Å². The summed E-state index contributed by atoms with van der Waals surface area (Å²) in [5.74, 6) is -2.28. The van der Waals surface area contributed by atoms with Crippen LogP contribution in [0.25, 0.3) is 11.4 Å². The maximum atomic E-state index is 13.5. The summed E-state index contributed by atoms with van der Waals surface area (Å²) in [6, 6.07) is 9.56. The Morgan fingerprint density at radius 3 is 2.53 bits per heavy atom. The fraction of sp³-hybridized carbons (Fsp3) is 0.222. The third-order valence-corrected chi connectivity index (χ3v) is 7.66. The predicted octanol–water partition coefficient (Wildman–Crippen LogP) is 4.14. The monoisotopic (exact) mass is 532 g/mol. The standard InChI is InChI=1S/C27H24N4O6S/c1-13-8-7-11-30-15(3)19(29-24(13)30)21(32)18-20(16-9-6-10-17(12-16)36-4)31(25(34)22(18)33)27-28-14(2)23(38-27)26(35)37-5/h6-12,20,32H,1-5H3/b21-18+. The van der Waals surface area contributed by atoms with Crippen LogP contribution in [0.15, 0.2) is 48.2 Å². The number of aromatic nitrogens is 3. The maximum absolute atomic E-state index is 13.5. The second-order valence-corrected chi connectivity index (χ2v) is 9.76. The number of carbonyl (C=O) groups is 3. The first-order valence-corrected chi connectivity index (χ1v) is 12.4. The molecule has 38 heavy (non-hydrogen) atoms. The van der Waals surface area contributed by atoms with Crippen LogP contribution in [0.1, 0.15) is 43.9 Å². The van der Waals surface area contributed by atoms with Crippen LogP contribution in [0, 0.1) is 20.8 Å². The van der Waals surface area contributed by atoms with E-state index in [0.29, 0.717) is 28.3 Å². The van der Waals surface area contributed by atoms with Crippen LogP contribution in [0.2, 0.25) is 0 Å². The van der Waals surface area contributed by atoms with Gasteiger partial charge < -0.3 is 19.0 Å². The molecule has 5 rings (SSSR count). The highest BCUT2D eigenvalue weighted by molar-refractivity contribution is 7.17. The van der Waals surface area contributed by atoms with E-state index in [9.17, 15) is 19.5 Å². The van der Waals surface area contributed by atoms with Gasteiger partial charge in [-0.1, -0.05) is 29.5 Å². The summed E-state index contributed by atoms with van der Waals surface area (Å²) in [5.41, 5.74) is 3.03. The number of Topliss-reactive ketones (excluding diaryl/α,β-unsaturated/α-hetero) is 1. The first kappa shape index (κ1) is 25.2. The van der Waals surface area contributed by atoms with E-state index in [0.717, 1.165) is 16.9 Å². The Balaban J connectivity index is 1.76. The Bertz CT molecular complexity index is 1670. The smallest absolute Gasteiger partial charge is 0.350 e. The van der Waals surface area contributed by atoms with Gasteiger partial charge in [0.05, 0.1) is 37.2 Å². The topological polar surface area (TPSA) is 123 Å². The quantitative estimate of drug-likeness (QED) is 0.176. The average Bonchev–Trinajstić information content (AvgIpc) is 3.55. The van der Waals surface area contributed by atoms with Gasteiger partial charge in [-0.25, -0.2) is 14.8 Å². The predicted molar refractivity (Wildman–Crippen MR) is 141 cm³/mol. The van der Waals surface area contributed by atoms with Crippen molar-refractivity contribution in [1.82, 2.24) is 14.4 Å². The summed E-state index contributed by atoms with van der Waals surface area (Å²) in [6.45, 7) is 5.29. The number of methoxy groups -OCH3 is 2. The van der Waals surface area contributed by atoms with Gasteiger partial charge in [0, 0.05) is 6.20 Å². The number of thiazole rings is 1. The fourth-order valence-electron chi connectivity index (χ4n) is 4.60. The zero-order valence-corrected chi connectivity index (χ0v) is 22.1. The molecule has 4 heterocycles. The summed E-state index contributed by atoms with van der Waals surface area (Å²) < 4.78 is 12.0. The lowest BCUT2D eigenvalue weighted by Crippen LogP contribution is -2.29. The molecule has 0 aliphatic carbocycles. The van der Waals surface area contributed by atoms with E-state index in [1.54, 1.807) is 38.1 Å². The number of carbonyl (C=O) groups excluding carboxylic acids is 3. The summed E-state index contributed by atoms with van der Waals surface area (Å²) >= 11 is 0.934. The lowest BCUT2D eigenvalue weighted by molar-refractivity contribution is -0.132. The minimum Gasteiger partial charge on any atom is -0.505 e. The van der Waals surface area contributed by atoms with Crippen molar-refractivity contribution in [2.24, 2.45) is 0 Å². The van der Waals surface area contributed by atoms with E-state index >= 15 is 0 Å². The van der Waals surface area contributed by atoms with E-state index in [4.69, 9.17) is 9.47 Å². The number of aryl methyl sites for hydroxylation is 3. The molecule has 1 aromatic carbocycles. The third kappa shape index (κ3) is 3.82. The molecular weight excluding hydrogens is 508 g/mol. The lowest BCUT2D eigenvalue weighted by Gasteiger charge is -2.23. The van der Waals surface area contributed by atoms with Crippen molar-refractivity contribution in [2.45, 2.75) is 26.8 Å². The van der Waals surface area contributed by atoms with E-state index in [2.05, 4.69) is 9.97 Å². The molecule has 0 radical (unpaired) electrons. The van der Waals surface area contributed by atoms with E-state index in [-0.39, 0.29) is 21.3 Å². The Kier molecular flexibility index (Phi) is 6.23. The van der Waals surface area contributed by atoms with Crippen molar-refractivity contribution >= 4 is 45.5 Å². The molecule has 1 amide bonds. The normalized spacial score (nSPS) is 16.9. The van der Waals surface area contributed by atoms with Gasteiger partial charge >= 0.3 is 11.9 Å². The van der Waals surface area contributed by atoms with Crippen molar-refractivity contribution in [3.05, 3.63) is 81.3 Å². The minimum absolute atomic E-state index is 0.124. The molecule has 1 N–H and O–H groups in total. The Hall–Kier alpha value is -4.51. The van der Waals surface area contributed by atoms with Crippen LogP contribution in [-0.2, 0) is 14.3 Å². The number of anilines is 1. The van der Waals surface area contributed by atoms with Crippen LogP contribution < -0.4 is 9.64 Å². The third-order valence-electron chi connectivity index (χ3n) is 6.52. The number of hydrogen-bond donors (Lipinski definition) is 1. The molecular formula is C27H24N4O6S. The molecule has 0 saturated carbocycles. The van der Waals surface area contributed by atoms with Crippen LogP contribution in [-0.4, -0.2) is 51.4 Å². The average molecular weight is 533 g/mol. The largest absolute Gasteiger partial charge is 0.505 e. The summed E-state index contributed by atoms with van der Waals surface area (Å²) in [4.78, 5) is 49.7. The van der Waals surface area contributed by atoms with Gasteiger partial charge in [-0.2, -0.15) is 0 Å². The second-order valence-electron chi connectivity index (χ2n) is 8.78. The van der Waals surface area contributed by atoms with Crippen molar-refractivity contribution in [3.63, 3.8) is 0 Å². The molecule has 0 spiro atoms. The van der Waals surface area contributed by atoms with Crippen LogP contribution in [0.5, 0.6) is 5.75 Å². The maximum Gasteiger partial charge on any atom is 0.350 e. The molecule has 3 aromatic heterocycles. The molecule has 1 atom stereocenters. The molecule has 1 unspecified atom stereocenters. The lowest BCUT2D eigenvalue weighted by atomic mass is 9.96. The number of pyridine rings is 1. The van der Waals surface area contributed by atoms with Gasteiger partial charge in [-0.05, 0) is 50.1 Å². The number of rotatable bonds is 5. The fourth-order valence-corrected chi connectivity index (χ4v) is 5.61. The molecule has 11 heteroatoms. The molecule has 10 nitrogen and oxygen atoms in total. The van der Waals surface area contributed by atoms with Crippen LogP contribution in [0.3, 0.4) is 0 Å². The molecule has 1 aliphatic heterocycles. The summed E-state index contributed by atoms with van der Waals surface area (Å²) in [7, 11) is 2.76. The van der Waals surface area contributed by atoms with Gasteiger partial charge in [0.25, 0.3) is 5.78 Å². The molecule has 194 valence electrons. The van der Waals surface area contributed by atoms with E-state index in [1.165, 1.54) is 19.1 Å². The minimum atomic E-state index is -1.05. The number of ketones is 1. The summed E-state index contributed by atoms with van der Waals surface area (Å²) in [6.07, 6.45) is 1.81. The molecule has 0 bridgehead atoms.